The molecule has 2 aliphatic rings. The van der Waals surface area contributed by atoms with Crippen LogP contribution in [0.4, 0.5) is 0 Å². The van der Waals surface area contributed by atoms with E-state index in [4.69, 9.17) is 10.2 Å². The number of hydrogen-bond donors (Lipinski definition) is 3. The summed E-state index contributed by atoms with van der Waals surface area (Å²) in [6, 6.07) is 1.15. The van der Waals surface area contributed by atoms with Crippen LogP contribution in [0, 0.1) is 11.8 Å². The normalized spacial score (nSPS) is 19.6. The third-order valence-corrected chi connectivity index (χ3v) is 7.26. The van der Waals surface area contributed by atoms with Crippen LogP contribution in [-0.4, -0.2) is 27.8 Å². The number of aliphatic hydroxyl groups is 1. The lowest BCUT2D eigenvalue weighted by atomic mass is 9.78. The number of carboxylic acids is 1. The maximum atomic E-state index is 12.1. The van der Waals surface area contributed by atoms with Gasteiger partial charge in [-0.25, -0.2) is 4.79 Å². The van der Waals surface area contributed by atoms with E-state index in [1.165, 1.54) is 32.1 Å². The monoisotopic (exact) mass is 443 g/mol. The van der Waals surface area contributed by atoms with Crippen molar-refractivity contribution in [3.63, 3.8) is 0 Å². The molecular formula is C27H41NO4. The first-order valence-electron chi connectivity index (χ1n) is 12.5. The average molecular weight is 444 g/mol. The predicted molar refractivity (Wildman–Crippen MR) is 129 cm³/mol. The van der Waals surface area contributed by atoms with Crippen molar-refractivity contribution in [2.45, 2.75) is 102 Å². The number of rotatable bonds is 15. The Morgan fingerprint density at radius 1 is 1.31 bits per heavy atom. The van der Waals surface area contributed by atoms with Crippen LogP contribution in [0.3, 0.4) is 0 Å². The van der Waals surface area contributed by atoms with Crippen molar-refractivity contribution in [3.8, 4) is 0 Å². The molecular weight excluding hydrogens is 402 g/mol. The molecule has 4 N–H and O–H groups in total. The van der Waals surface area contributed by atoms with Crippen LogP contribution in [-0.2, 0) is 11.2 Å². The molecule has 0 aliphatic heterocycles. The lowest BCUT2D eigenvalue weighted by Crippen LogP contribution is -2.54. The molecule has 0 saturated heterocycles. The van der Waals surface area contributed by atoms with E-state index in [9.17, 15) is 15.0 Å². The van der Waals surface area contributed by atoms with E-state index >= 15 is 0 Å². The van der Waals surface area contributed by atoms with Crippen molar-refractivity contribution in [1.82, 2.24) is 0 Å². The zero-order valence-corrected chi connectivity index (χ0v) is 19.7. The zero-order chi connectivity index (χ0) is 23.1. The molecule has 0 radical (unpaired) electrons. The van der Waals surface area contributed by atoms with Crippen LogP contribution in [0.2, 0.25) is 0 Å². The SMILES string of the molecule is C=C(CC(O)(C(=O)O)C(N)CCC1CCC1)c1cc(CCC2CC2)oc1/C=C\CCCC. The minimum absolute atomic E-state index is 0.106. The molecule has 178 valence electrons. The first kappa shape index (κ1) is 24.8. The summed E-state index contributed by atoms with van der Waals surface area (Å²) in [4.78, 5) is 12.1. The topological polar surface area (TPSA) is 96.7 Å². The molecule has 0 amide bonds. The smallest absolute Gasteiger partial charge is 0.337 e. The second-order valence-corrected chi connectivity index (χ2v) is 10.0. The van der Waals surface area contributed by atoms with Crippen LogP contribution in [0.15, 0.2) is 23.1 Å². The van der Waals surface area contributed by atoms with Crippen LogP contribution < -0.4 is 5.73 Å². The maximum Gasteiger partial charge on any atom is 0.337 e. The first-order chi connectivity index (χ1) is 15.3. The van der Waals surface area contributed by atoms with Gasteiger partial charge in [-0.1, -0.05) is 64.5 Å². The van der Waals surface area contributed by atoms with Crippen molar-refractivity contribution in [1.29, 1.82) is 0 Å². The van der Waals surface area contributed by atoms with Gasteiger partial charge >= 0.3 is 5.97 Å². The molecule has 2 unspecified atom stereocenters. The summed E-state index contributed by atoms with van der Waals surface area (Å²) in [6.45, 7) is 6.31. The highest BCUT2D eigenvalue weighted by molar-refractivity contribution is 5.83. The standard InChI is InChI=1S/C27H41NO4/c1-3-4-5-6-10-24-23(17-22(32-24)15-13-21-11-12-21)19(2)18-27(31,26(29)30)25(28)16-14-20-8-7-9-20/h6,10,17,20-21,25,31H,2-5,7-9,11-16,18,28H2,1H3,(H,29,30)/b10-6-. The van der Waals surface area contributed by atoms with Crippen LogP contribution in [0.25, 0.3) is 11.6 Å². The summed E-state index contributed by atoms with van der Waals surface area (Å²) in [6.07, 6.45) is 16.7. The van der Waals surface area contributed by atoms with Crippen molar-refractivity contribution < 1.29 is 19.4 Å². The third kappa shape index (κ3) is 6.58. The third-order valence-electron chi connectivity index (χ3n) is 7.26. The Labute approximate surface area is 192 Å². The summed E-state index contributed by atoms with van der Waals surface area (Å²) in [7, 11) is 0. The minimum Gasteiger partial charge on any atom is -0.479 e. The van der Waals surface area contributed by atoms with Crippen molar-refractivity contribution in [2.75, 3.05) is 0 Å². The fourth-order valence-corrected chi connectivity index (χ4v) is 4.47. The number of aryl methyl sites for hydroxylation is 1. The van der Waals surface area contributed by atoms with Crippen LogP contribution in [0.1, 0.15) is 101 Å². The molecule has 5 heteroatoms. The lowest BCUT2D eigenvalue weighted by molar-refractivity contribution is -0.160. The Hall–Kier alpha value is -1.85. The Kier molecular flexibility index (Phi) is 8.78. The molecule has 0 bridgehead atoms. The number of unbranched alkanes of at least 4 members (excludes halogenated alkanes) is 2. The molecule has 3 rings (SSSR count). The Balaban J connectivity index is 1.72. The molecule has 1 aromatic heterocycles. The van der Waals surface area contributed by atoms with Gasteiger partial charge in [0, 0.05) is 24.4 Å². The molecule has 1 heterocycles. The number of furan rings is 1. The van der Waals surface area contributed by atoms with Crippen molar-refractivity contribution >= 4 is 17.6 Å². The number of carbonyl (C=O) groups is 1. The molecule has 2 atom stereocenters. The first-order valence-corrected chi connectivity index (χ1v) is 12.5. The van der Waals surface area contributed by atoms with Gasteiger partial charge in [0.05, 0.1) is 0 Å². The highest BCUT2D eigenvalue weighted by Crippen LogP contribution is 2.37. The fourth-order valence-electron chi connectivity index (χ4n) is 4.47. The average Bonchev–Trinajstić information content (AvgIpc) is 3.46. The summed E-state index contributed by atoms with van der Waals surface area (Å²) in [5.74, 6) is 1.74. The van der Waals surface area contributed by atoms with Crippen LogP contribution >= 0.6 is 0 Å². The minimum atomic E-state index is -2.03. The van der Waals surface area contributed by atoms with E-state index in [1.54, 1.807) is 0 Å². The van der Waals surface area contributed by atoms with E-state index in [0.29, 0.717) is 23.7 Å². The molecule has 2 fully saturated rings. The number of aliphatic carboxylic acids is 1. The second kappa shape index (κ2) is 11.3. The van der Waals surface area contributed by atoms with E-state index in [-0.39, 0.29) is 6.42 Å². The zero-order valence-electron chi connectivity index (χ0n) is 19.7. The molecule has 0 spiro atoms. The number of nitrogens with two attached hydrogens (primary N) is 1. The largest absolute Gasteiger partial charge is 0.479 e. The van der Waals surface area contributed by atoms with Gasteiger partial charge in [-0.05, 0) is 55.2 Å². The number of allylic oxidation sites excluding steroid dienone is 1. The van der Waals surface area contributed by atoms with Crippen LogP contribution in [0.5, 0.6) is 0 Å². The van der Waals surface area contributed by atoms with Gasteiger partial charge in [-0.3, -0.25) is 0 Å². The summed E-state index contributed by atoms with van der Waals surface area (Å²) in [5, 5.41) is 20.9. The fraction of sp³-hybridized carbons (Fsp3) is 0.667. The summed E-state index contributed by atoms with van der Waals surface area (Å²) < 4.78 is 6.12. The number of hydrogen-bond acceptors (Lipinski definition) is 4. The maximum absolute atomic E-state index is 12.1. The van der Waals surface area contributed by atoms with Crippen molar-refractivity contribution in [3.05, 3.63) is 35.8 Å². The van der Waals surface area contributed by atoms with E-state index in [2.05, 4.69) is 19.6 Å². The van der Waals surface area contributed by atoms with Gasteiger partial charge in [-0.2, -0.15) is 0 Å². The Bertz CT molecular complexity index is 803. The Morgan fingerprint density at radius 3 is 2.62 bits per heavy atom. The summed E-state index contributed by atoms with van der Waals surface area (Å²) in [5.41, 5.74) is 5.56. The molecule has 5 nitrogen and oxygen atoms in total. The molecule has 2 saturated carbocycles. The quantitative estimate of drug-likeness (QED) is 0.291. The Morgan fingerprint density at radius 2 is 2.03 bits per heavy atom. The molecule has 0 aromatic carbocycles. The molecule has 1 aromatic rings. The number of carboxylic acid groups (broad SMARTS) is 1. The second-order valence-electron chi connectivity index (χ2n) is 10.0. The highest BCUT2D eigenvalue weighted by atomic mass is 16.4. The predicted octanol–water partition coefficient (Wildman–Crippen LogP) is 5.95. The van der Waals surface area contributed by atoms with Gasteiger partial charge in [0.15, 0.2) is 5.60 Å². The van der Waals surface area contributed by atoms with Gasteiger partial charge in [0.2, 0.25) is 0 Å². The van der Waals surface area contributed by atoms with Gasteiger partial charge in [-0.15, -0.1) is 0 Å². The van der Waals surface area contributed by atoms with Gasteiger partial charge < -0.3 is 20.4 Å². The van der Waals surface area contributed by atoms with Gasteiger partial charge in [0.25, 0.3) is 0 Å². The van der Waals surface area contributed by atoms with Gasteiger partial charge in [0.1, 0.15) is 11.5 Å². The van der Waals surface area contributed by atoms with Crippen molar-refractivity contribution in [2.24, 2.45) is 17.6 Å². The highest BCUT2D eigenvalue weighted by Gasteiger charge is 2.43. The summed E-state index contributed by atoms with van der Waals surface area (Å²) >= 11 is 0. The lowest BCUT2D eigenvalue weighted by Gasteiger charge is -2.33. The van der Waals surface area contributed by atoms with E-state index in [0.717, 1.165) is 55.8 Å². The molecule has 32 heavy (non-hydrogen) atoms. The van der Waals surface area contributed by atoms with E-state index < -0.39 is 17.6 Å². The van der Waals surface area contributed by atoms with E-state index in [1.807, 2.05) is 12.1 Å². The molecule has 2 aliphatic carbocycles.